The van der Waals surface area contributed by atoms with Crippen molar-refractivity contribution in [3.8, 4) is 5.75 Å². The third-order valence-corrected chi connectivity index (χ3v) is 3.95. The van der Waals surface area contributed by atoms with Crippen LogP contribution >= 0.6 is 0 Å². The normalized spacial score (nSPS) is 21.9. The highest BCUT2D eigenvalue weighted by Crippen LogP contribution is 2.24. The van der Waals surface area contributed by atoms with Crippen molar-refractivity contribution in [1.82, 2.24) is 4.90 Å². The van der Waals surface area contributed by atoms with Gasteiger partial charge in [0.15, 0.2) is 0 Å². The number of carbonyl (C=O) groups is 1. The second-order valence-electron chi connectivity index (χ2n) is 5.69. The van der Waals surface area contributed by atoms with Crippen LogP contribution in [0.25, 0.3) is 0 Å². The number of benzene rings is 1. The first-order valence-electron chi connectivity index (χ1n) is 7.45. The van der Waals surface area contributed by atoms with Crippen LogP contribution in [0.5, 0.6) is 5.75 Å². The van der Waals surface area contributed by atoms with Crippen molar-refractivity contribution in [2.45, 2.75) is 31.7 Å². The summed E-state index contributed by atoms with van der Waals surface area (Å²) in [5.74, 6) is 0.512. The van der Waals surface area contributed by atoms with Crippen LogP contribution < -0.4 is 10.5 Å². The highest BCUT2D eigenvalue weighted by molar-refractivity contribution is 5.78. The molecule has 1 aliphatic rings. The zero-order valence-electron chi connectivity index (χ0n) is 12.4. The molecule has 21 heavy (non-hydrogen) atoms. The van der Waals surface area contributed by atoms with Crippen LogP contribution in [0.1, 0.15) is 25.7 Å². The minimum Gasteiger partial charge on any atom is -0.492 e. The van der Waals surface area contributed by atoms with Crippen molar-refractivity contribution >= 4 is 5.91 Å². The Hall–Kier alpha value is -1.62. The molecule has 0 bridgehead atoms. The first kappa shape index (κ1) is 15.8. The van der Waals surface area contributed by atoms with Gasteiger partial charge >= 0.3 is 0 Å². The fourth-order valence-corrected chi connectivity index (χ4v) is 2.70. The molecule has 0 aromatic heterocycles. The van der Waals surface area contributed by atoms with Crippen LogP contribution in [0.4, 0.5) is 4.39 Å². The number of halogens is 1. The summed E-state index contributed by atoms with van der Waals surface area (Å²) >= 11 is 0. The van der Waals surface area contributed by atoms with Crippen LogP contribution in [0.2, 0.25) is 0 Å². The molecule has 1 fully saturated rings. The van der Waals surface area contributed by atoms with Gasteiger partial charge in [-0.05, 0) is 43.5 Å². The van der Waals surface area contributed by atoms with Crippen LogP contribution in [-0.4, -0.2) is 37.0 Å². The molecule has 0 spiro atoms. The van der Waals surface area contributed by atoms with Gasteiger partial charge in [0.2, 0.25) is 5.91 Å². The van der Waals surface area contributed by atoms with Crippen molar-refractivity contribution in [3.63, 3.8) is 0 Å². The first-order chi connectivity index (χ1) is 10.1. The summed E-state index contributed by atoms with van der Waals surface area (Å²) in [4.78, 5) is 14.0. The van der Waals surface area contributed by atoms with Crippen molar-refractivity contribution in [2.75, 3.05) is 20.2 Å². The number of nitrogens with two attached hydrogens (primary N) is 1. The molecule has 2 N–H and O–H groups in total. The van der Waals surface area contributed by atoms with Gasteiger partial charge in [0, 0.05) is 19.0 Å². The second-order valence-corrected chi connectivity index (χ2v) is 5.69. The molecule has 4 nitrogen and oxygen atoms in total. The van der Waals surface area contributed by atoms with Crippen LogP contribution in [0, 0.1) is 11.7 Å². The number of nitrogens with zero attached hydrogens (tertiary/aromatic N) is 1. The van der Waals surface area contributed by atoms with Crippen molar-refractivity contribution < 1.29 is 13.9 Å². The van der Waals surface area contributed by atoms with E-state index in [1.165, 1.54) is 12.1 Å². The standard InChI is InChI=1S/C16H23FN2O2/c1-19(16(20)12-3-2-4-14(18)11-12)9-10-21-15-7-5-13(17)6-8-15/h5-8,12,14H,2-4,9-11,18H2,1H3/t12-,14-/m1/s1. The highest BCUT2D eigenvalue weighted by atomic mass is 19.1. The van der Waals surface area contributed by atoms with Gasteiger partial charge in [-0.3, -0.25) is 4.79 Å². The molecule has 2 atom stereocenters. The summed E-state index contributed by atoms with van der Waals surface area (Å²) in [5, 5.41) is 0. The number of amides is 1. The molecule has 2 rings (SSSR count). The predicted octanol–water partition coefficient (Wildman–Crippen LogP) is 2.18. The Balaban J connectivity index is 1.74. The van der Waals surface area contributed by atoms with Gasteiger partial charge in [0.1, 0.15) is 18.2 Å². The number of carbonyl (C=O) groups excluding carboxylic acids is 1. The highest BCUT2D eigenvalue weighted by Gasteiger charge is 2.27. The van der Waals surface area contributed by atoms with Crippen LogP contribution in [0.15, 0.2) is 24.3 Å². The van der Waals surface area contributed by atoms with Crippen LogP contribution in [0.3, 0.4) is 0 Å². The average Bonchev–Trinajstić information content (AvgIpc) is 2.48. The summed E-state index contributed by atoms with van der Waals surface area (Å²) in [6.07, 6.45) is 3.75. The maximum Gasteiger partial charge on any atom is 0.225 e. The van der Waals surface area contributed by atoms with E-state index in [1.807, 2.05) is 0 Å². The maximum absolute atomic E-state index is 12.8. The molecule has 5 heteroatoms. The van der Waals surface area contributed by atoms with E-state index in [4.69, 9.17) is 10.5 Å². The topological polar surface area (TPSA) is 55.6 Å². The largest absolute Gasteiger partial charge is 0.492 e. The monoisotopic (exact) mass is 294 g/mol. The van der Waals surface area contributed by atoms with Gasteiger partial charge < -0.3 is 15.4 Å². The van der Waals surface area contributed by atoms with Gasteiger partial charge in [-0.15, -0.1) is 0 Å². The summed E-state index contributed by atoms with van der Waals surface area (Å²) < 4.78 is 18.3. The molecule has 1 aliphatic carbocycles. The van der Waals surface area contributed by atoms with E-state index in [9.17, 15) is 9.18 Å². The molecule has 0 aliphatic heterocycles. The Morgan fingerprint density at radius 3 is 2.76 bits per heavy atom. The fourth-order valence-electron chi connectivity index (χ4n) is 2.70. The fraction of sp³-hybridized carbons (Fsp3) is 0.562. The van der Waals surface area contributed by atoms with Crippen molar-refractivity contribution in [3.05, 3.63) is 30.1 Å². The zero-order valence-corrected chi connectivity index (χ0v) is 12.4. The van der Waals surface area contributed by atoms with Crippen molar-refractivity contribution in [1.29, 1.82) is 0 Å². The molecule has 1 saturated carbocycles. The SMILES string of the molecule is CN(CCOc1ccc(F)cc1)C(=O)[C@@H]1CCC[C@@H](N)C1. The molecule has 116 valence electrons. The number of ether oxygens (including phenoxy) is 1. The van der Waals surface area contributed by atoms with Gasteiger partial charge in [-0.1, -0.05) is 6.42 Å². The van der Waals surface area contributed by atoms with E-state index in [1.54, 1.807) is 24.1 Å². The molecule has 1 aromatic carbocycles. The third-order valence-electron chi connectivity index (χ3n) is 3.95. The predicted molar refractivity (Wildman–Crippen MR) is 79.5 cm³/mol. The molecule has 1 aromatic rings. The van der Waals surface area contributed by atoms with Gasteiger partial charge in [-0.2, -0.15) is 0 Å². The number of rotatable bonds is 5. The second kappa shape index (κ2) is 7.41. The smallest absolute Gasteiger partial charge is 0.225 e. The summed E-state index contributed by atoms with van der Waals surface area (Å²) in [6, 6.07) is 6.02. The maximum atomic E-state index is 12.8. The number of likely N-dealkylation sites (N-methyl/N-ethyl adjacent to an activating group) is 1. The zero-order chi connectivity index (χ0) is 15.2. The first-order valence-corrected chi connectivity index (χ1v) is 7.45. The lowest BCUT2D eigenvalue weighted by atomic mass is 9.85. The summed E-state index contributed by atoms with van der Waals surface area (Å²) in [7, 11) is 1.79. The Morgan fingerprint density at radius 1 is 1.38 bits per heavy atom. The molecule has 0 heterocycles. The molecule has 0 unspecified atom stereocenters. The van der Waals surface area contributed by atoms with Gasteiger partial charge in [0.05, 0.1) is 6.54 Å². The Morgan fingerprint density at radius 2 is 2.10 bits per heavy atom. The minimum absolute atomic E-state index is 0.0459. The molecular weight excluding hydrogens is 271 g/mol. The van der Waals surface area contributed by atoms with Crippen LogP contribution in [-0.2, 0) is 4.79 Å². The lowest BCUT2D eigenvalue weighted by Crippen LogP contribution is -2.40. The lowest BCUT2D eigenvalue weighted by Gasteiger charge is -2.29. The van der Waals surface area contributed by atoms with E-state index in [-0.39, 0.29) is 23.7 Å². The summed E-state index contributed by atoms with van der Waals surface area (Å²) in [6.45, 7) is 0.911. The molecule has 0 radical (unpaired) electrons. The van der Waals surface area contributed by atoms with Gasteiger partial charge in [-0.25, -0.2) is 4.39 Å². The molecular formula is C16H23FN2O2. The number of hydrogen-bond acceptors (Lipinski definition) is 3. The lowest BCUT2D eigenvalue weighted by molar-refractivity contribution is -0.135. The van der Waals surface area contributed by atoms with Gasteiger partial charge in [0.25, 0.3) is 0 Å². The van der Waals surface area contributed by atoms with E-state index >= 15 is 0 Å². The Kier molecular flexibility index (Phi) is 5.56. The Labute approximate surface area is 125 Å². The third kappa shape index (κ3) is 4.70. The average molecular weight is 294 g/mol. The van der Waals surface area contributed by atoms with Crippen molar-refractivity contribution in [2.24, 2.45) is 11.7 Å². The van der Waals surface area contributed by atoms with E-state index in [2.05, 4.69) is 0 Å². The Bertz CT molecular complexity index is 464. The van der Waals surface area contributed by atoms with E-state index < -0.39 is 0 Å². The summed E-state index contributed by atoms with van der Waals surface area (Å²) in [5.41, 5.74) is 5.93. The van der Waals surface area contributed by atoms with E-state index in [0.29, 0.717) is 18.9 Å². The minimum atomic E-state index is -0.289. The number of hydrogen-bond donors (Lipinski definition) is 1. The molecule has 1 amide bonds. The van der Waals surface area contributed by atoms with E-state index in [0.717, 1.165) is 25.7 Å². The quantitative estimate of drug-likeness (QED) is 0.905. The molecule has 0 saturated heterocycles.